The Hall–Kier alpha value is -2.88. The molecule has 21 heavy (non-hydrogen) atoms. The number of carbonyl (C=O) groups excluding carboxylic acids is 1. The molecule has 2 rings (SSSR count). The minimum Gasteiger partial charge on any atom is -0.370 e. The van der Waals surface area contributed by atoms with Crippen molar-refractivity contribution in [1.29, 1.82) is 0 Å². The molecule has 106 valence electrons. The highest BCUT2D eigenvalue weighted by molar-refractivity contribution is 6.27. The molecule has 0 saturated carbocycles. The molecule has 2 aromatic rings. The van der Waals surface area contributed by atoms with Crippen LogP contribution in [-0.4, -0.2) is 18.9 Å². The fourth-order valence-electron chi connectivity index (χ4n) is 1.85. The van der Waals surface area contributed by atoms with Gasteiger partial charge in [-0.3, -0.25) is 15.1 Å². The number of benzene rings is 2. The molecule has 0 spiro atoms. The predicted molar refractivity (Wildman–Crippen MR) is 86.4 cm³/mol. The first-order valence-electron chi connectivity index (χ1n) is 6.56. The molecule has 0 atom stereocenters. The van der Waals surface area contributed by atoms with E-state index in [0.717, 1.165) is 11.1 Å². The first-order valence-corrected chi connectivity index (χ1v) is 6.56. The molecular weight excluding hydrogens is 262 g/mol. The van der Waals surface area contributed by atoms with Gasteiger partial charge < -0.3 is 5.73 Å². The summed E-state index contributed by atoms with van der Waals surface area (Å²) in [5.41, 5.74) is 7.87. The fraction of sp³-hybridized carbons (Fsp3) is 0.0588. The number of nitrogens with zero attached hydrogens (tertiary/aromatic N) is 1. The number of guanidine groups is 1. The second-order valence-corrected chi connectivity index (χ2v) is 4.40. The van der Waals surface area contributed by atoms with Crippen molar-refractivity contribution >= 4 is 23.5 Å². The van der Waals surface area contributed by atoms with Crippen molar-refractivity contribution in [3.63, 3.8) is 0 Å². The maximum Gasteiger partial charge on any atom is 0.258 e. The fourth-order valence-corrected chi connectivity index (χ4v) is 1.85. The lowest BCUT2D eigenvalue weighted by molar-refractivity contribution is -0.114. The summed E-state index contributed by atoms with van der Waals surface area (Å²) in [5.74, 6) is -0.192. The van der Waals surface area contributed by atoms with Gasteiger partial charge in [-0.15, -0.1) is 0 Å². The summed E-state index contributed by atoms with van der Waals surface area (Å²) in [7, 11) is 1.53. The Labute approximate surface area is 124 Å². The Kier molecular flexibility index (Phi) is 4.88. The molecule has 4 heteroatoms. The average molecular weight is 279 g/mol. The molecule has 0 aliphatic rings. The number of carbonyl (C=O) groups is 1. The Balaban J connectivity index is 2.40. The molecule has 0 aliphatic heterocycles. The zero-order valence-corrected chi connectivity index (χ0v) is 11.8. The lowest BCUT2D eigenvalue weighted by Crippen LogP contribution is -2.37. The maximum absolute atomic E-state index is 12.4. The second kappa shape index (κ2) is 7.05. The van der Waals surface area contributed by atoms with Crippen LogP contribution in [-0.2, 0) is 4.79 Å². The highest BCUT2D eigenvalue weighted by atomic mass is 16.1. The van der Waals surface area contributed by atoms with E-state index in [2.05, 4.69) is 10.3 Å². The van der Waals surface area contributed by atoms with Crippen molar-refractivity contribution in [2.45, 2.75) is 0 Å². The van der Waals surface area contributed by atoms with E-state index in [1.807, 2.05) is 66.7 Å². The molecule has 0 aliphatic carbocycles. The first kappa shape index (κ1) is 14.5. The monoisotopic (exact) mass is 279 g/mol. The van der Waals surface area contributed by atoms with Crippen LogP contribution in [0.25, 0.3) is 11.6 Å². The van der Waals surface area contributed by atoms with Crippen LogP contribution in [0.2, 0.25) is 0 Å². The number of amides is 1. The van der Waals surface area contributed by atoms with Crippen molar-refractivity contribution in [2.24, 2.45) is 10.7 Å². The molecule has 0 radical (unpaired) electrons. The predicted octanol–water partition coefficient (Wildman–Crippen LogP) is 2.29. The van der Waals surface area contributed by atoms with Gasteiger partial charge in [0.25, 0.3) is 5.91 Å². The van der Waals surface area contributed by atoms with Crippen molar-refractivity contribution in [2.75, 3.05) is 7.05 Å². The van der Waals surface area contributed by atoms with Gasteiger partial charge in [0.05, 0.1) is 0 Å². The highest BCUT2D eigenvalue weighted by Gasteiger charge is 2.12. The maximum atomic E-state index is 12.4. The van der Waals surface area contributed by atoms with E-state index in [4.69, 9.17) is 5.73 Å². The Morgan fingerprint density at radius 2 is 1.62 bits per heavy atom. The van der Waals surface area contributed by atoms with Crippen molar-refractivity contribution in [1.82, 2.24) is 5.32 Å². The van der Waals surface area contributed by atoms with Gasteiger partial charge in [-0.05, 0) is 17.2 Å². The Bertz CT molecular complexity index is 661. The number of nitrogens with two attached hydrogens (primary N) is 1. The molecule has 0 bridgehead atoms. The van der Waals surface area contributed by atoms with E-state index in [1.54, 1.807) is 0 Å². The van der Waals surface area contributed by atoms with Gasteiger partial charge in [-0.2, -0.15) is 0 Å². The van der Waals surface area contributed by atoms with Crippen LogP contribution in [0, 0.1) is 0 Å². The van der Waals surface area contributed by atoms with Crippen molar-refractivity contribution in [3.8, 4) is 0 Å². The minimum absolute atomic E-state index is 0.0925. The van der Waals surface area contributed by atoms with Gasteiger partial charge >= 0.3 is 0 Å². The number of aliphatic imine (C=N–C) groups is 1. The van der Waals surface area contributed by atoms with E-state index in [-0.39, 0.29) is 11.9 Å². The first-order chi connectivity index (χ1) is 10.2. The number of nitrogens with one attached hydrogen (secondary N) is 1. The quantitative estimate of drug-likeness (QED) is 0.392. The molecule has 0 fully saturated rings. The van der Waals surface area contributed by atoms with Gasteiger partial charge in [0.1, 0.15) is 0 Å². The van der Waals surface area contributed by atoms with Crippen LogP contribution >= 0.6 is 0 Å². The molecule has 0 saturated heterocycles. The standard InChI is InChI=1S/C17H17N3O/c1-19-17(18)20-16(21)15(14-10-6-3-7-11-14)12-13-8-4-2-5-9-13/h2-12H,1H3,(H3,18,19,20,21)/b15-12-. The summed E-state index contributed by atoms with van der Waals surface area (Å²) in [6.07, 6.45) is 1.83. The van der Waals surface area contributed by atoms with Crippen molar-refractivity contribution in [3.05, 3.63) is 71.8 Å². The van der Waals surface area contributed by atoms with Crippen LogP contribution in [0.1, 0.15) is 11.1 Å². The van der Waals surface area contributed by atoms with Gasteiger partial charge in [0, 0.05) is 12.6 Å². The van der Waals surface area contributed by atoms with Crippen LogP contribution in [0.4, 0.5) is 0 Å². The summed E-state index contributed by atoms with van der Waals surface area (Å²) in [6.45, 7) is 0. The Morgan fingerprint density at radius 1 is 1.05 bits per heavy atom. The number of hydrogen-bond donors (Lipinski definition) is 2. The van der Waals surface area contributed by atoms with Gasteiger partial charge in [0.2, 0.25) is 0 Å². The average Bonchev–Trinajstić information content (AvgIpc) is 2.54. The van der Waals surface area contributed by atoms with E-state index >= 15 is 0 Å². The highest BCUT2D eigenvalue weighted by Crippen LogP contribution is 2.18. The molecule has 4 nitrogen and oxygen atoms in total. The second-order valence-electron chi connectivity index (χ2n) is 4.40. The minimum atomic E-state index is -0.284. The molecule has 2 aromatic carbocycles. The Morgan fingerprint density at radius 3 is 2.19 bits per heavy atom. The zero-order chi connectivity index (χ0) is 15.1. The smallest absolute Gasteiger partial charge is 0.258 e. The third-order valence-corrected chi connectivity index (χ3v) is 2.92. The number of hydrogen-bond acceptors (Lipinski definition) is 2. The third kappa shape index (κ3) is 4.04. The third-order valence-electron chi connectivity index (χ3n) is 2.92. The largest absolute Gasteiger partial charge is 0.370 e. The summed E-state index contributed by atoms with van der Waals surface area (Å²) in [5, 5.41) is 2.57. The van der Waals surface area contributed by atoms with Crippen LogP contribution in [0.15, 0.2) is 65.7 Å². The van der Waals surface area contributed by atoms with E-state index in [0.29, 0.717) is 5.57 Å². The summed E-state index contributed by atoms with van der Waals surface area (Å²) in [6, 6.07) is 19.1. The lowest BCUT2D eigenvalue weighted by atomic mass is 10.0. The SMILES string of the molecule is CN=C(N)NC(=O)/C(=C\c1ccccc1)c1ccccc1. The lowest BCUT2D eigenvalue weighted by Gasteiger charge is -2.09. The zero-order valence-electron chi connectivity index (χ0n) is 11.8. The molecule has 1 amide bonds. The summed E-state index contributed by atoms with van der Waals surface area (Å²) >= 11 is 0. The molecule has 3 N–H and O–H groups in total. The van der Waals surface area contributed by atoms with Crippen LogP contribution in [0.5, 0.6) is 0 Å². The number of rotatable bonds is 3. The van der Waals surface area contributed by atoms with Gasteiger partial charge in [-0.1, -0.05) is 60.7 Å². The van der Waals surface area contributed by atoms with Crippen LogP contribution in [0.3, 0.4) is 0 Å². The van der Waals surface area contributed by atoms with Crippen molar-refractivity contribution < 1.29 is 4.79 Å². The molecular formula is C17H17N3O. The molecule has 0 heterocycles. The van der Waals surface area contributed by atoms with Gasteiger partial charge in [0.15, 0.2) is 5.96 Å². The normalized spacial score (nSPS) is 12.0. The molecule has 0 unspecified atom stereocenters. The topological polar surface area (TPSA) is 67.5 Å². The summed E-state index contributed by atoms with van der Waals surface area (Å²) in [4.78, 5) is 16.1. The van der Waals surface area contributed by atoms with Crippen LogP contribution < -0.4 is 11.1 Å². The molecule has 0 aromatic heterocycles. The van der Waals surface area contributed by atoms with Gasteiger partial charge in [-0.25, -0.2) is 0 Å². The van der Waals surface area contributed by atoms with E-state index < -0.39 is 0 Å². The van der Waals surface area contributed by atoms with E-state index in [9.17, 15) is 4.79 Å². The summed E-state index contributed by atoms with van der Waals surface area (Å²) < 4.78 is 0. The van der Waals surface area contributed by atoms with E-state index in [1.165, 1.54) is 7.05 Å².